The number of halogens is 1. The minimum atomic E-state index is -0.712. The lowest BCUT2D eigenvalue weighted by molar-refractivity contribution is -0.162. The normalized spacial score (nSPS) is 37.2. The molecule has 0 spiro atoms. The molecule has 5 nitrogen and oxygen atoms in total. The molecule has 1 atom stereocenters. The van der Waals surface area contributed by atoms with E-state index >= 15 is 0 Å². The van der Waals surface area contributed by atoms with Crippen molar-refractivity contribution in [2.24, 2.45) is 23.2 Å². The van der Waals surface area contributed by atoms with Crippen molar-refractivity contribution < 1.29 is 18.8 Å². The second-order valence-corrected chi connectivity index (χ2v) is 10.4. The van der Waals surface area contributed by atoms with Crippen LogP contribution in [0.5, 0.6) is 0 Å². The highest BCUT2D eigenvalue weighted by atomic mass is 19.1. The van der Waals surface area contributed by atoms with E-state index in [4.69, 9.17) is 0 Å². The maximum absolute atomic E-state index is 14.0. The van der Waals surface area contributed by atoms with Gasteiger partial charge in [-0.15, -0.1) is 0 Å². The molecule has 1 aromatic carbocycles. The third-order valence-electron chi connectivity index (χ3n) is 8.21. The highest BCUT2D eigenvalue weighted by molar-refractivity contribution is 6.23. The smallest absolute Gasteiger partial charge is 0.257 e. The number of anilines is 1. The Hall–Kier alpha value is -2.24. The molecule has 6 heteroatoms. The van der Waals surface area contributed by atoms with E-state index in [-0.39, 0.29) is 35.6 Å². The van der Waals surface area contributed by atoms with Gasteiger partial charge in [0.05, 0.1) is 17.5 Å². The van der Waals surface area contributed by atoms with Crippen LogP contribution in [-0.4, -0.2) is 34.7 Å². The van der Waals surface area contributed by atoms with Crippen molar-refractivity contribution in [2.45, 2.75) is 69.9 Å². The topological polar surface area (TPSA) is 57.7 Å². The molecule has 1 saturated heterocycles. The van der Waals surface area contributed by atoms with E-state index in [2.05, 4.69) is 0 Å². The lowest BCUT2D eigenvalue weighted by atomic mass is 9.49. The van der Waals surface area contributed by atoms with E-state index in [0.717, 1.165) is 37.0 Å². The Morgan fingerprint density at radius 2 is 1.53 bits per heavy atom. The number of benzene rings is 1. The van der Waals surface area contributed by atoms with Crippen LogP contribution in [0.4, 0.5) is 10.1 Å². The average Bonchev–Trinajstić information content (AvgIpc) is 3.48. The number of hydrogen-bond donors (Lipinski definition) is 0. The number of nitrogens with zero attached hydrogens (tertiary/aromatic N) is 2. The monoisotopic (exact) mass is 410 g/mol. The summed E-state index contributed by atoms with van der Waals surface area (Å²) in [5.41, 5.74) is 0.0659. The number of hydrogen-bond acceptors (Lipinski definition) is 3. The van der Waals surface area contributed by atoms with Crippen LogP contribution in [0.15, 0.2) is 24.3 Å². The molecule has 5 saturated carbocycles. The quantitative estimate of drug-likeness (QED) is 0.712. The van der Waals surface area contributed by atoms with Gasteiger partial charge in [0.25, 0.3) is 5.91 Å². The molecule has 30 heavy (non-hydrogen) atoms. The predicted octanol–water partition coefficient (Wildman–Crippen LogP) is 3.67. The molecule has 1 unspecified atom stereocenters. The largest absolute Gasteiger partial charge is 0.327 e. The Balaban J connectivity index is 1.30. The summed E-state index contributed by atoms with van der Waals surface area (Å²) in [6.45, 7) is 0. The fourth-order valence-electron chi connectivity index (χ4n) is 7.26. The van der Waals surface area contributed by atoms with Crippen LogP contribution >= 0.6 is 0 Å². The molecule has 0 aromatic heterocycles. The fraction of sp³-hybridized carbons (Fsp3) is 0.625. The van der Waals surface area contributed by atoms with Crippen molar-refractivity contribution >= 4 is 23.4 Å². The highest BCUT2D eigenvalue weighted by Crippen LogP contribution is 2.61. The van der Waals surface area contributed by atoms with E-state index in [1.807, 2.05) is 4.90 Å². The summed E-state index contributed by atoms with van der Waals surface area (Å²) in [7, 11) is 0. The maximum atomic E-state index is 14.0. The summed E-state index contributed by atoms with van der Waals surface area (Å²) in [5, 5.41) is 0. The van der Waals surface area contributed by atoms with Gasteiger partial charge in [0.15, 0.2) is 0 Å². The lowest BCUT2D eigenvalue weighted by Crippen LogP contribution is -2.58. The summed E-state index contributed by atoms with van der Waals surface area (Å²) < 4.78 is 13.3. The molecule has 0 N–H and O–H groups in total. The van der Waals surface area contributed by atoms with Crippen LogP contribution in [-0.2, 0) is 14.4 Å². The molecule has 5 aliphatic carbocycles. The third-order valence-corrected chi connectivity index (χ3v) is 8.21. The molecule has 1 aromatic rings. The summed E-state index contributed by atoms with van der Waals surface area (Å²) in [6, 6.07) is 4.78. The van der Waals surface area contributed by atoms with E-state index in [1.54, 1.807) is 0 Å². The zero-order valence-corrected chi connectivity index (χ0v) is 17.1. The summed E-state index contributed by atoms with van der Waals surface area (Å²) in [6.07, 6.45) is 8.50. The molecule has 6 aliphatic rings. The van der Waals surface area contributed by atoms with Crippen LogP contribution in [0.2, 0.25) is 0 Å². The fourth-order valence-corrected chi connectivity index (χ4v) is 7.26. The second kappa shape index (κ2) is 6.38. The standard InChI is InChI=1S/C24H27FN2O3/c25-17-1-3-19(4-2-17)27-21(28)10-20(22(27)29)26(18-5-6-18)23(30)24-11-14-7-15(12-24)9-16(8-14)13-24/h1-4,14-16,18,20H,5-13H2. The first-order valence-electron chi connectivity index (χ1n) is 11.4. The Bertz CT molecular complexity index is 888. The van der Waals surface area contributed by atoms with E-state index in [9.17, 15) is 18.8 Å². The molecule has 3 amide bonds. The van der Waals surface area contributed by atoms with Gasteiger partial charge in [0.2, 0.25) is 11.8 Å². The van der Waals surface area contributed by atoms with Gasteiger partial charge < -0.3 is 4.90 Å². The van der Waals surface area contributed by atoms with Crippen LogP contribution in [0.25, 0.3) is 0 Å². The zero-order chi connectivity index (χ0) is 20.6. The van der Waals surface area contributed by atoms with Gasteiger partial charge in [0, 0.05) is 6.04 Å². The number of rotatable bonds is 4. The predicted molar refractivity (Wildman–Crippen MR) is 108 cm³/mol. The molecule has 6 fully saturated rings. The molecule has 1 heterocycles. The lowest BCUT2D eigenvalue weighted by Gasteiger charge is -2.57. The van der Waals surface area contributed by atoms with E-state index < -0.39 is 11.9 Å². The van der Waals surface area contributed by atoms with Gasteiger partial charge in [-0.25, -0.2) is 9.29 Å². The molecule has 0 radical (unpaired) electrons. The Kier molecular flexibility index (Phi) is 3.94. The van der Waals surface area contributed by atoms with Crippen LogP contribution in [0.3, 0.4) is 0 Å². The van der Waals surface area contributed by atoms with Gasteiger partial charge in [-0.05, 0) is 93.4 Å². The summed E-state index contributed by atoms with van der Waals surface area (Å²) in [4.78, 5) is 43.1. The maximum Gasteiger partial charge on any atom is 0.257 e. The van der Waals surface area contributed by atoms with Gasteiger partial charge in [-0.2, -0.15) is 0 Å². The Labute approximate surface area is 175 Å². The van der Waals surface area contributed by atoms with Crippen LogP contribution < -0.4 is 4.90 Å². The summed E-state index contributed by atoms with van der Waals surface area (Å²) >= 11 is 0. The molecular weight excluding hydrogens is 383 g/mol. The average molecular weight is 410 g/mol. The minimum Gasteiger partial charge on any atom is -0.327 e. The molecule has 1 aliphatic heterocycles. The number of carbonyl (C=O) groups excluding carboxylic acids is 3. The minimum absolute atomic E-state index is 0.0326. The van der Waals surface area contributed by atoms with Crippen molar-refractivity contribution in [1.82, 2.24) is 4.90 Å². The SMILES string of the molecule is O=C1CC(N(C(=O)C23CC4CC(CC(C4)C2)C3)C2CC2)C(=O)N1c1ccc(F)cc1. The second-order valence-electron chi connectivity index (χ2n) is 10.4. The van der Waals surface area contributed by atoms with Gasteiger partial charge in [-0.3, -0.25) is 14.4 Å². The first-order valence-corrected chi connectivity index (χ1v) is 11.4. The van der Waals surface area contributed by atoms with E-state index in [1.165, 1.54) is 43.5 Å². The Morgan fingerprint density at radius 3 is 2.07 bits per heavy atom. The van der Waals surface area contributed by atoms with Crippen molar-refractivity contribution in [3.63, 3.8) is 0 Å². The third kappa shape index (κ3) is 2.75. The van der Waals surface area contributed by atoms with E-state index in [0.29, 0.717) is 23.4 Å². The number of carbonyl (C=O) groups is 3. The van der Waals surface area contributed by atoms with Gasteiger partial charge in [-0.1, -0.05) is 0 Å². The first-order chi connectivity index (χ1) is 14.4. The molecular formula is C24H27FN2O3. The number of imide groups is 1. The molecule has 158 valence electrons. The molecule has 7 rings (SSSR count). The summed E-state index contributed by atoms with van der Waals surface area (Å²) in [5.74, 6) is 1.04. The van der Waals surface area contributed by atoms with Crippen molar-refractivity contribution in [1.29, 1.82) is 0 Å². The van der Waals surface area contributed by atoms with Gasteiger partial charge >= 0.3 is 0 Å². The highest BCUT2D eigenvalue weighted by Gasteiger charge is 2.59. The molecule has 4 bridgehead atoms. The van der Waals surface area contributed by atoms with Crippen molar-refractivity contribution in [3.8, 4) is 0 Å². The zero-order valence-electron chi connectivity index (χ0n) is 17.1. The Morgan fingerprint density at radius 1 is 0.967 bits per heavy atom. The number of amides is 3. The van der Waals surface area contributed by atoms with Crippen molar-refractivity contribution in [2.75, 3.05) is 4.90 Å². The van der Waals surface area contributed by atoms with Crippen LogP contribution in [0.1, 0.15) is 57.8 Å². The van der Waals surface area contributed by atoms with Gasteiger partial charge in [0.1, 0.15) is 11.9 Å². The first kappa shape index (κ1) is 18.5. The van der Waals surface area contributed by atoms with Crippen LogP contribution in [0, 0.1) is 29.0 Å². The van der Waals surface area contributed by atoms with Crippen molar-refractivity contribution in [3.05, 3.63) is 30.1 Å².